The van der Waals surface area contributed by atoms with Crippen LogP contribution < -0.4 is 5.73 Å². The highest BCUT2D eigenvalue weighted by Crippen LogP contribution is 1.89. The molecule has 0 fully saturated rings. The first-order chi connectivity index (χ1) is 5.65. The van der Waals surface area contributed by atoms with Crippen molar-refractivity contribution in [3.8, 4) is 6.07 Å². The van der Waals surface area contributed by atoms with Crippen molar-refractivity contribution < 1.29 is 9.53 Å². The molecule has 12 heavy (non-hydrogen) atoms. The Kier molecular flexibility index (Phi) is 4.16. The first kappa shape index (κ1) is 10.2. The Bertz CT molecular complexity index is 273. The Morgan fingerprint density at radius 1 is 1.75 bits per heavy atom. The van der Waals surface area contributed by atoms with E-state index in [1.807, 2.05) is 0 Å². The fourth-order valence-electron chi connectivity index (χ4n) is 0.471. The van der Waals surface area contributed by atoms with Crippen LogP contribution in [0.1, 0.15) is 0 Å². The molecule has 0 unspecified atom stereocenters. The summed E-state index contributed by atoms with van der Waals surface area (Å²) in [6, 6.07) is 1.75. The van der Waals surface area contributed by atoms with Gasteiger partial charge in [0.25, 0.3) is 0 Å². The van der Waals surface area contributed by atoms with E-state index in [0.29, 0.717) is 0 Å². The first-order valence-electron chi connectivity index (χ1n) is 3.08. The third-order valence-corrected chi connectivity index (χ3v) is 1.07. The average molecular weight is 167 g/mol. The van der Waals surface area contributed by atoms with E-state index >= 15 is 0 Å². The SMILES string of the molecule is CN=C(C#N)C=C(N)C(=O)OC. The van der Waals surface area contributed by atoms with Crippen molar-refractivity contribution in [1.29, 1.82) is 5.26 Å². The van der Waals surface area contributed by atoms with Gasteiger partial charge in [0.05, 0.1) is 7.11 Å². The summed E-state index contributed by atoms with van der Waals surface area (Å²) < 4.78 is 4.31. The largest absolute Gasteiger partial charge is 0.464 e. The van der Waals surface area contributed by atoms with E-state index in [0.717, 1.165) is 6.08 Å². The zero-order chi connectivity index (χ0) is 9.56. The smallest absolute Gasteiger partial charge is 0.354 e. The van der Waals surface area contributed by atoms with Gasteiger partial charge in [0.1, 0.15) is 17.5 Å². The number of nitrogens with two attached hydrogens (primary N) is 1. The lowest BCUT2D eigenvalue weighted by Gasteiger charge is -1.96. The molecule has 0 amide bonds. The lowest BCUT2D eigenvalue weighted by atomic mass is 10.3. The van der Waals surface area contributed by atoms with Crippen molar-refractivity contribution in [2.75, 3.05) is 14.2 Å². The van der Waals surface area contributed by atoms with Crippen molar-refractivity contribution in [2.24, 2.45) is 10.7 Å². The Hall–Kier alpha value is -1.83. The van der Waals surface area contributed by atoms with Crippen LogP contribution in [0.15, 0.2) is 16.8 Å². The number of esters is 1. The number of ether oxygens (including phenoxy) is 1. The molecule has 64 valence electrons. The van der Waals surface area contributed by atoms with Gasteiger partial charge in [0, 0.05) is 13.1 Å². The molecule has 0 atom stereocenters. The van der Waals surface area contributed by atoms with Gasteiger partial charge in [-0.05, 0) is 0 Å². The summed E-state index contributed by atoms with van der Waals surface area (Å²) in [5, 5.41) is 8.40. The van der Waals surface area contributed by atoms with Gasteiger partial charge in [-0.1, -0.05) is 0 Å². The van der Waals surface area contributed by atoms with Crippen LogP contribution in [0.3, 0.4) is 0 Å². The summed E-state index contributed by atoms with van der Waals surface area (Å²) in [5.74, 6) is -0.675. The Morgan fingerprint density at radius 2 is 2.33 bits per heavy atom. The molecule has 0 aliphatic heterocycles. The summed E-state index contributed by atoms with van der Waals surface area (Å²) in [4.78, 5) is 14.3. The first-order valence-corrected chi connectivity index (χ1v) is 3.08. The fourth-order valence-corrected chi connectivity index (χ4v) is 0.471. The van der Waals surface area contributed by atoms with Crippen molar-refractivity contribution in [3.63, 3.8) is 0 Å². The number of nitriles is 1. The minimum absolute atomic E-state index is 0.0814. The van der Waals surface area contributed by atoms with Gasteiger partial charge < -0.3 is 10.5 Å². The van der Waals surface area contributed by atoms with Crippen LogP contribution >= 0.6 is 0 Å². The second-order valence-electron chi connectivity index (χ2n) is 1.81. The number of carbonyl (C=O) groups excluding carboxylic acids is 1. The lowest BCUT2D eigenvalue weighted by molar-refractivity contribution is -0.136. The molecule has 0 heterocycles. The number of hydrogen-bond donors (Lipinski definition) is 1. The molecule has 2 N–H and O–H groups in total. The van der Waals surface area contributed by atoms with Crippen LogP contribution in [0.2, 0.25) is 0 Å². The number of aliphatic imine (C=N–C) groups is 1. The maximum atomic E-state index is 10.7. The summed E-state index contributed by atoms with van der Waals surface area (Å²) in [5.41, 5.74) is 5.18. The summed E-state index contributed by atoms with van der Waals surface area (Å²) >= 11 is 0. The van der Waals surface area contributed by atoms with Crippen molar-refractivity contribution in [3.05, 3.63) is 11.8 Å². The molecule has 0 bridgehead atoms. The van der Waals surface area contributed by atoms with Crippen LogP contribution in [-0.4, -0.2) is 25.8 Å². The van der Waals surface area contributed by atoms with E-state index < -0.39 is 5.97 Å². The van der Waals surface area contributed by atoms with Crippen molar-refractivity contribution in [1.82, 2.24) is 0 Å². The van der Waals surface area contributed by atoms with Crippen LogP contribution in [0.25, 0.3) is 0 Å². The Balaban J connectivity index is 4.58. The Labute approximate surface area is 70.1 Å². The summed E-state index contributed by atoms with van der Waals surface area (Å²) in [6.07, 6.45) is 1.16. The number of rotatable bonds is 2. The van der Waals surface area contributed by atoms with E-state index in [2.05, 4.69) is 9.73 Å². The molecule has 0 aromatic heterocycles. The third-order valence-electron chi connectivity index (χ3n) is 1.07. The fraction of sp³-hybridized carbons (Fsp3) is 0.286. The predicted molar refractivity (Wildman–Crippen MR) is 43.3 cm³/mol. The standard InChI is InChI=1S/C7H9N3O2/c1-10-5(4-8)3-6(9)7(11)12-2/h3H,9H2,1-2H3. The highest BCUT2D eigenvalue weighted by Gasteiger charge is 2.04. The molecule has 0 saturated carbocycles. The number of hydrogen-bond acceptors (Lipinski definition) is 5. The molecule has 0 aliphatic carbocycles. The predicted octanol–water partition coefficient (Wildman–Crippen LogP) is -0.404. The van der Waals surface area contributed by atoms with Crippen LogP contribution in [0.5, 0.6) is 0 Å². The van der Waals surface area contributed by atoms with Crippen LogP contribution in [0, 0.1) is 11.3 Å². The second-order valence-corrected chi connectivity index (χ2v) is 1.81. The van der Waals surface area contributed by atoms with Crippen molar-refractivity contribution >= 4 is 11.7 Å². The van der Waals surface area contributed by atoms with Gasteiger partial charge in [-0.15, -0.1) is 0 Å². The van der Waals surface area contributed by atoms with Crippen molar-refractivity contribution in [2.45, 2.75) is 0 Å². The quantitative estimate of drug-likeness (QED) is 0.344. The number of nitrogens with zero attached hydrogens (tertiary/aromatic N) is 2. The highest BCUT2D eigenvalue weighted by molar-refractivity contribution is 6.10. The molecule has 0 rings (SSSR count). The van der Waals surface area contributed by atoms with E-state index in [1.165, 1.54) is 14.2 Å². The molecule has 5 nitrogen and oxygen atoms in total. The molecule has 0 aromatic rings. The summed E-state index contributed by atoms with van der Waals surface area (Å²) in [7, 11) is 2.64. The maximum absolute atomic E-state index is 10.7. The van der Waals surface area contributed by atoms with Gasteiger partial charge in [-0.25, -0.2) is 4.79 Å². The zero-order valence-corrected chi connectivity index (χ0v) is 6.87. The van der Waals surface area contributed by atoms with Crippen LogP contribution in [0.4, 0.5) is 0 Å². The van der Waals surface area contributed by atoms with Gasteiger partial charge >= 0.3 is 5.97 Å². The maximum Gasteiger partial charge on any atom is 0.354 e. The van der Waals surface area contributed by atoms with Crippen LogP contribution in [-0.2, 0) is 9.53 Å². The van der Waals surface area contributed by atoms with Gasteiger partial charge in [-0.2, -0.15) is 5.26 Å². The highest BCUT2D eigenvalue weighted by atomic mass is 16.5. The number of methoxy groups -OCH3 is 1. The van der Waals surface area contributed by atoms with Gasteiger partial charge in [-0.3, -0.25) is 4.99 Å². The van der Waals surface area contributed by atoms with E-state index in [-0.39, 0.29) is 11.4 Å². The molecule has 0 radical (unpaired) electrons. The van der Waals surface area contributed by atoms with E-state index in [9.17, 15) is 4.79 Å². The minimum Gasteiger partial charge on any atom is -0.464 e. The Morgan fingerprint density at radius 3 is 2.67 bits per heavy atom. The average Bonchev–Trinajstić information content (AvgIpc) is 2.12. The van der Waals surface area contributed by atoms with Gasteiger partial charge in [0.2, 0.25) is 0 Å². The zero-order valence-electron chi connectivity index (χ0n) is 6.87. The molecule has 5 heteroatoms. The van der Waals surface area contributed by atoms with E-state index in [1.54, 1.807) is 6.07 Å². The molecule has 0 spiro atoms. The monoisotopic (exact) mass is 167 g/mol. The second kappa shape index (κ2) is 4.91. The molecule has 0 aliphatic rings. The minimum atomic E-state index is -0.675. The van der Waals surface area contributed by atoms with E-state index in [4.69, 9.17) is 11.0 Å². The summed E-state index contributed by atoms with van der Waals surface area (Å²) in [6.45, 7) is 0. The molecular weight excluding hydrogens is 158 g/mol. The molecule has 0 aromatic carbocycles. The molecular formula is C7H9N3O2. The van der Waals surface area contributed by atoms with Gasteiger partial charge in [0.15, 0.2) is 0 Å². The lowest BCUT2D eigenvalue weighted by Crippen LogP contribution is -2.14. The number of allylic oxidation sites excluding steroid dienone is 1. The number of carbonyl (C=O) groups is 1. The topological polar surface area (TPSA) is 88.5 Å². The normalized spacial score (nSPS) is 12.1. The molecule has 0 saturated heterocycles. The third kappa shape index (κ3) is 2.84.